The summed E-state index contributed by atoms with van der Waals surface area (Å²) in [5, 5.41) is 5.90. The molecule has 2 rings (SSSR count). The van der Waals surface area contributed by atoms with Gasteiger partial charge < -0.3 is 26.6 Å². The van der Waals surface area contributed by atoms with Crippen molar-refractivity contribution in [3.05, 3.63) is 61.1 Å². The van der Waals surface area contributed by atoms with Crippen LogP contribution in [0.15, 0.2) is 40.3 Å². The molecule has 0 saturated carbocycles. The molecule has 0 bridgehead atoms. The van der Waals surface area contributed by atoms with E-state index in [0.29, 0.717) is 11.3 Å². The van der Waals surface area contributed by atoms with Crippen molar-refractivity contribution in [2.24, 2.45) is 16.6 Å². The number of nitrogens with zero attached hydrogens (tertiary/aromatic N) is 1. The Morgan fingerprint density at radius 1 is 1.26 bits per heavy atom. The minimum Gasteiger partial charge on any atom is -0.391 e. The first kappa shape index (κ1) is 24.5. The lowest BCUT2D eigenvalue weighted by atomic mass is 10.1. The molecule has 0 unspecified atom stereocenters. The fraction of sp³-hybridized carbons (Fsp3) is 0.278. The topological polar surface area (TPSA) is 182 Å². The molecule has 0 saturated heterocycles. The maximum absolute atomic E-state index is 12.7. The number of aryl methyl sites for hydroxylation is 1. The number of H-pyrrole nitrogens is 1. The van der Waals surface area contributed by atoms with Crippen molar-refractivity contribution < 1.29 is 18.0 Å². The largest absolute Gasteiger partial charge is 0.391 e. The van der Waals surface area contributed by atoms with Gasteiger partial charge in [-0.2, -0.15) is 0 Å². The number of hydrogen-bond acceptors (Lipinski definition) is 6. The number of oxime groups is 1. The van der Waals surface area contributed by atoms with Gasteiger partial charge in [-0.25, -0.2) is 8.42 Å². The van der Waals surface area contributed by atoms with Gasteiger partial charge in [0.2, 0.25) is 21.9 Å². The van der Waals surface area contributed by atoms with Gasteiger partial charge in [0.25, 0.3) is 5.56 Å². The van der Waals surface area contributed by atoms with Gasteiger partial charge in [-0.15, -0.1) is 0 Å². The summed E-state index contributed by atoms with van der Waals surface area (Å²) in [5.74, 6) is -0.989. The summed E-state index contributed by atoms with van der Waals surface area (Å²) in [5.41, 5.74) is 10.7. The number of benzene rings is 1. The van der Waals surface area contributed by atoms with Crippen LogP contribution in [0.4, 0.5) is 5.69 Å². The molecule has 0 aliphatic heterocycles. The minimum atomic E-state index is -3.90. The van der Waals surface area contributed by atoms with Crippen LogP contribution in [-0.4, -0.2) is 38.4 Å². The molecule has 0 radical (unpaired) electrons. The number of nitrogens with one attached hydrogen (secondary N) is 3. The van der Waals surface area contributed by atoms with Crippen LogP contribution in [0.5, 0.6) is 0 Å². The third-order valence-corrected chi connectivity index (χ3v) is 6.11. The van der Waals surface area contributed by atoms with E-state index in [4.69, 9.17) is 16.3 Å². The van der Waals surface area contributed by atoms with Crippen LogP contribution in [0.3, 0.4) is 0 Å². The van der Waals surface area contributed by atoms with E-state index in [0.717, 1.165) is 3.57 Å². The van der Waals surface area contributed by atoms with E-state index in [2.05, 4.69) is 20.2 Å². The molecule has 0 fully saturated rings. The van der Waals surface area contributed by atoms with E-state index in [1.807, 2.05) is 22.6 Å². The maximum Gasteiger partial charge on any atom is 0.272 e. The van der Waals surface area contributed by atoms with Crippen molar-refractivity contribution >= 4 is 50.2 Å². The number of carbonyl (C=O) groups is 1. The van der Waals surface area contributed by atoms with Gasteiger partial charge in [0.1, 0.15) is 12.3 Å². The first-order chi connectivity index (χ1) is 14.6. The molecule has 1 heterocycles. The van der Waals surface area contributed by atoms with Gasteiger partial charge in [0, 0.05) is 9.26 Å². The molecule has 2 aromatic rings. The smallest absolute Gasteiger partial charge is 0.272 e. The highest BCUT2D eigenvalue weighted by Gasteiger charge is 2.19. The Morgan fingerprint density at radius 3 is 2.65 bits per heavy atom. The molecule has 1 amide bonds. The summed E-state index contributed by atoms with van der Waals surface area (Å²) < 4.78 is 28.5. The van der Waals surface area contributed by atoms with Crippen molar-refractivity contribution in [1.82, 2.24) is 10.3 Å². The molecule has 11 nitrogen and oxygen atoms in total. The van der Waals surface area contributed by atoms with Crippen molar-refractivity contribution in [1.29, 1.82) is 0 Å². The van der Waals surface area contributed by atoms with Crippen LogP contribution in [0, 0.1) is 10.5 Å². The zero-order valence-electron chi connectivity index (χ0n) is 16.6. The Bertz CT molecular complexity index is 1130. The minimum absolute atomic E-state index is 0.0350. The first-order valence-corrected chi connectivity index (χ1v) is 11.7. The second-order valence-corrected chi connectivity index (χ2v) is 9.39. The average molecular weight is 562 g/mol. The standard InChI is InChI=1S/C18H23IN6O5S/c1-11-8-13(9-15(26)22-6-7-30-24-18(20)21)16(17(27)23-11)25-31(28,29)10-12-4-2-3-5-14(12)19/h2-5,8,25H,6-7,9-10H2,1H3,(H,22,26)(H,23,27)(H4,20,21,24). The number of pyridine rings is 1. The molecule has 0 aliphatic rings. The summed E-state index contributed by atoms with van der Waals surface area (Å²) in [4.78, 5) is 32.0. The van der Waals surface area contributed by atoms with E-state index < -0.39 is 21.5 Å². The number of aromatic nitrogens is 1. The molecule has 168 valence electrons. The van der Waals surface area contributed by atoms with Gasteiger partial charge in [-0.3, -0.25) is 14.3 Å². The molecular weight excluding hydrogens is 539 g/mol. The van der Waals surface area contributed by atoms with E-state index in [1.54, 1.807) is 37.3 Å². The van der Waals surface area contributed by atoms with Crippen LogP contribution < -0.4 is 27.1 Å². The average Bonchev–Trinajstić information content (AvgIpc) is 2.66. The maximum atomic E-state index is 12.7. The zero-order chi connectivity index (χ0) is 23.0. The summed E-state index contributed by atoms with van der Waals surface area (Å²) in [6.07, 6.45) is -0.215. The summed E-state index contributed by atoms with van der Waals surface area (Å²) in [7, 11) is -3.90. The van der Waals surface area contributed by atoms with Crippen LogP contribution in [0.1, 0.15) is 16.8 Å². The van der Waals surface area contributed by atoms with Gasteiger partial charge in [-0.05, 0) is 57.9 Å². The van der Waals surface area contributed by atoms with Gasteiger partial charge in [0.15, 0.2) is 0 Å². The lowest BCUT2D eigenvalue weighted by Crippen LogP contribution is -2.30. The van der Waals surface area contributed by atoms with E-state index in [-0.39, 0.29) is 42.5 Å². The highest BCUT2D eigenvalue weighted by molar-refractivity contribution is 14.1. The van der Waals surface area contributed by atoms with Gasteiger partial charge in [0.05, 0.1) is 18.7 Å². The number of amides is 1. The third kappa shape index (κ3) is 8.09. The second kappa shape index (κ2) is 11.0. The summed E-state index contributed by atoms with van der Waals surface area (Å²) in [6.45, 7) is 1.79. The van der Waals surface area contributed by atoms with Crippen molar-refractivity contribution in [2.75, 3.05) is 17.9 Å². The molecule has 7 N–H and O–H groups in total. The SMILES string of the molecule is Cc1cc(CC(=O)NCCON=C(N)N)c(NS(=O)(=O)Cc2ccccc2I)c(=O)[nH]1. The number of aromatic amines is 1. The summed E-state index contributed by atoms with van der Waals surface area (Å²) >= 11 is 2.04. The Morgan fingerprint density at radius 2 is 1.97 bits per heavy atom. The Hall–Kier alpha value is -2.81. The number of anilines is 1. The quantitative estimate of drug-likeness (QED) is 0.0895. The molecule has 31 heavy (non-hydrogen) atoms. The first-order valence-electron chi connectivity index (χ1n) is 9.01. The number of halogens is 1. The fourth-order valence-corrected chi connectivity index (χ4v) is 4.72. The van der Waals surface area contributed by atoms with Crippen molar-refractivity contribution in [3.63, 3.8) is 0 Å². The predicted molar refractivity (Wildman–Crippen MR) is 126 cm³/mol. The number of sulfonamides is 1. The molecule has 0 atom stereocenters. The van der Waals surface area contributed by atoms with E-state index in [9.17, 15) is 18.0 Å². The number of hydrogen-bond donors (Lipinski definition) is 5. The fourth-order valence-electron chi connectivity index (χ4n) is 2.61. The number of guanidine groups is 1. The predicted octanol–water partition coefficient (Wildman–Crippen LogP) is 0.0935. The van der Waals surface area contributed by atoms with E-state index in [1.165, 1.54) is 0 Å². The zero-order valence-corrected chi connectivity index (χ0v) is 19.6. The Labute approximate surface area is 192 Å². The summed E-state index contributed by atoms with van der Waals surface area (Å²) in [6, 6.07) is 8.56. The van der Waals surface area contributed by atoms with Crippen LogP contribution in [-0.2, 0) is 31.8 Å². The Kier molecular flexibility index (Phi) is 8.67. The number of nitrogens with two attached hydrogens (primary N) is 2. The second-order valence-electron chi connectivity index (χ2n) is 6.51. The molecule has 1 aromatic carbocycles. The third-order valence-electron chi connectivity index (χ3n) is 3.85. The molecule has 0 aliphatic carbocycles. The molecule has 0 spiro atoms. The van der Waals surface area contributed by atoms with Crippen molar-refractivity contribution in [3.8, 4) is 0 Å². The number of rotatable bonds is 10. The van der Waals surface area contributed by atoms with Crippen LogP contribution in [0.2, 0.25) is 0 Å². The van der Waals surface area contributed by atoms with Gasteiger partial charge >= 0.3 is 0 Å². The molecule has 13 heteroatoms. The van der Waals surface area contributed by atoms with E-state index >= 15 is 0 Å². The molecule has 1 aromatic heterocycles. The normalized spacial score (nSPS) is 10.9. The highest BCUT2D eigenvalue weighted by atomic mass is 127. The monoisotopic (exact) mass is 562 g/mol. The lowest BCUT2D eigenvalue weighted by molar-refractivity contribution is -0.120. The van der Waals surface area contributed by atoms with Crippen LogP contribution >= 0.6 is 22.6 Å². The van der Waals surface area contributed by atoms with Crippen LogP contribution in [0.25, 0.3) is 0 Å². The Balaban J connectivity index is 2.13. The number of carbonyl (C=O) groups excluding carboxylic acids is 1. The highest BCUT2D eigenvalue weighted by Crippen LogP contribution is 2.18. The molecular formula is C18H23IN6O5S. The van der Waals surface area contributed by atoms with Gasteiger partial charge in [-0.1, -0.05) is 18.2 Å². The lowest BCUT2D eigenvalue weighted by Gasteiger charge is -2.13. The van der Waals surface area contributed by atoms with Crippen molar-refractivity contribution in [2.45, 2.75) is 19.1 Å².